The summed E-state index contributed by atoms with van der Waals surface area (Å²) in [5.74, 6) is -0.480. The van der Waals surface area contributed by atoms with Gasteiger partial charge in [-0.15, -0.1) is 0 Å². The maximum absolute atomic E-state index is 13.0. The summed E-state index contributed by atoms with van der Waals surface area (Å²) in [5, 5.41) is 13.9. The summed E-state index contributed by atoms with van der Waals surface area (Å²) in [6, 6.07) is 27.1. The summed E-state index contributed by atoms with van der Waals surface area (Å²) < 4.78 is 55.3. The van der Waals surface area contributed by atoms with Crippen molar-refractivity contribution < 1.29 is 26.4 Å². The number of carbonyl (C=O) groups is 2. The largest absolute Gasteiger partial charge is 0.348 e. The number of anilines is 1. The quantitative estimate of drug-likeness (QED) is 0.0602. The first-order valence-electron chi connectivity index (χ1n) is 23.1. The van der Waals surface area contributed by atoms with Gasteiger partial charge >= 0.3 is 0 Å². The van der Waals surface area contributed by atoms with Gasteiger partial charge in [0.2, 0.25) is 20.0 Å². The predicted octanol–water partition coefficient (Wildman–Crippen LogP) is 9.51. The number of nitrogens with zero attached hydrogens (tertiary/aromatic N) is 2. The molecule has 6 rings (SSSR count). The third-order valence-electron chi connectivity index (χ3n) is 11.8. The van der Waals surface area contributed by atoms with E-state index in [1.54, 1.807) is 106 Å². The SMILES string of the molecule is CCCCCCNC1CCN(S(=O)(=O)c2ccc(CNC(=O)c3ccc(Cl)cc3)cc2)CC1.CCCCCCNC1CCN(S(=O)(=O)c2ccc(NC(=O)c3ccc(Cl)cc3)cc2)CC1. The molecule has 65 heavy (non-hydrogen) atoms. The van der Waals surface area contributed by atoms with Crippen molar-refractivity contribution in [3.05, 3.63) is 124 Å². The fraction of sp³-hybridized carbons (Fsp3) is 0.469. The molecule has 0 saturated carbocycles. The highest BCUT2D eigenvalue weighted by Gasteiger charge is 2.30. The van der Waals surface area contributed by atoms with Crippen molar-refractivity contribution in [1.29, 1.82) is 0 Å². The Labute approximate surface area is 397 Å². The van der Waals surface area contributed by atoms with E-state index >= 15 is 0 Å². The van der Waals surface area contributed by atoms with E-state index in [2.05, 4.69) is 35.1 Å². The summed E-state index contributed by atoms with van der Waals surface area (Å²) in [6.45, 7) is 8.84. The minimum atomic E-state index is -3.54. The average molecular weight is 970 g/mol. The number of piperidine rings is 2. The first-order chi connectivity index (χ1) is 31.3. The third-order valence-corrected chi connectivity index (χ3v) is 16.1. The van der Waals surface area contributed by atoms with Crippen LogP contribution >= 0.6 is 23.2 Å². The number of hydrogen-bond donors (Lipinski definition) is 4. The molecular weight excluding hydrogens is 904 g/mol. The van der Waals surface area contributed by atoms with Crippen molar-refractivity contribution >= 4 is 60.8 Å². The molecular formula is C49H66Cl2N6O6S2. The lowest BCUT2D eigenvalue weighted by Gasteiger charge is -2.31. The lowest BCUT2D eigenvalue weighted by molar-refractivity contribution is 0.0950. The maximum Gasteiger partial charge on any atom is 0.255 e. The van der Waals surface area contributed by atoms with Gasteiger partial charge in [0.15, 0.2) is 0 Å². The first-order valence-corrected chi connectivity index (χ1v) is 26.7. The number of hydrogen-bond acceptors (Lipinski definition) is 8. The molecule has 0 bridgehead atoms. The number of nitrogens with one attached hydrogen (secondary N) is 4. The second kappa shape index (κ2) is 26.5. The Morgan fingerprint density at radius 2 is 0.938 bits per heavy atom. The van der Waals surface area contributed by atoms with Crippen LogP contribution in [0.25, 0.3) is 0 Å². The summed E-state index contributed by atoms with van der Waals surface area (Å²) in [6.07, 6.45) is 13.2. The van der Waals surface area contributed by atoms with Gasteiger partial charge in [-0.05, 0) is 142 Å². The van der Waals surface area contributed by atoms with E-state index in [1.807, 2.05) is 0 Å². The van der Waals surface area contributed by atoms with E-state index in [4.69, 9.17) is 23.2 Å². The molecule has 2 aliphatic heterocycles. The lowest BCUT2D eigenvalue weighted by Crippen LogP contribution is -2.45. The van der Waals surface area contributed by atoms with Crippen molar-refractivity contribution in [2.45, 2.75) is 119 Å². The van der Waals surface area contributed by atoms with Gasteiger partial charge in [0.1, 0.15) is 0 Å². The van der Waals surface area contributed by atoms with Crippen molar-refractivity contribution in [1.82, 2.24) is 24.6 Å². The second-order valence-corrected chi connectivity index (χ2v) is 21.5. The second-order valence-electron chi connectivity index (χ2n) is 16.7. The third kappa shape index (κ3) is 16.5. The minimum Gasteiger partial charge on any atom is -0.348 e. The summed E-state index contributed by atoms with van der Waals surface area (Å²) >= 11 is 11.7. The number of benzene rings is 4. The molecule has 0 unspecified atom stereocenters. The van der Waals surface area contributed by atoms with Crippen LogP contribution in [-0.2, 0) is 26.6 Å². The monoisotopic (exact) mass is 968 g/mol. The maximum atomic E-state index is 13.0. The standard InChI is InChI=1S/C25H34ClN3O3S.C24H32ClN3O3S/c1-2-3-4-5-16-27-23-14-17-29(18-15-23)33(31,32)24-12-6-20(7-13-24)19-28-25(30)21-8-10-22(26)11-9-21;1-2-3-4-5-16-26-21-14-17-28(18-15-21)32(30,31)23-12-10-22(11-13-23)27-24(29)19-6-8-20(25)9-7-19/h6-13,23,27H,2-5,14-19H2,1H3,(H,28,30);6-13,21,26H,2-5,14-18H2,1H3,(H,27,29). The van der Waals surface area contributed by atoms with Crippen LogP contribution in [0.4, 0.5) is 5.69 Å². The van der Waals surface area contributed by atoms with Crippen LogP contribution < -0.4 is 21.3 Å². The van der Waals surface area contributed by atoms with Crippen LogP contribution in [0.1, 0.15) is 117 Å². The van der Waals surface area contributed by atoms with E-state index in [0.717, 1.165) is 44.3 Å². The smallest absolute Gasteiger partial charge is 0.255 e. The number of halogens is 2. The molecule has 16 heteroatoms. The summed E-state index contributed by atoms with van der Waals surface area (Å²) in [7, 11) is -7.05. The van der Waals surface area contributed by atoms with Gasteiger partial charge in [-0.1, -0.05) is 87.7 Å². The first kappa shape index (κ1) is 52.1. The number of carbonyl (C=O) groups excluding carboxylic acids is 2. The molecule has 0 spiro atoms. The van der Waals surface area contributed by atoms with E-state index < -0.39 is 20.0 Å². The van der Waals surface area contributed by atoms with Crippen LogP contribution in [-0.4, -0.2) is 88.6 Å². The highest BCUT2D eigenvalue weighted by atomic mass is 35.5. The molecule has 0 atom stereocenters. The molecule has 2 amide bonds. The topological polar surface area (TPSA) is 157 Å². The zero-order valence-electron chi connectivity index (χ0n) is 37.7. The Hall–Kier alpha value is -3.86. The minimum absolute atomic E-state index is 0.204. The molecule has 0 aromatic heterocycles. The Balaban J connectivity index is 0.000000244. The normalized spacial score (nSPS) is 15.5. The van der Waals surface area contributed by atoms with Gasteiger partial charge in [-0.3, -0.25) is 9.59 Å². The molecule has 0 radical (unpaired) electrons. The highest BCUT2D eigenvalue weighted by Crippen LogP contribution is 2.24. The molecule has 354 valence electrons. The van der Waals surface area contributed by atoms with Crippen LogP contribution in [0.2, 0.25) is 10.0 Å². The number of unbranched alkanes of at least 4 members (excludes halogenated alkanes) is 6. The van der Waals surface area contributed by atoms with Crippen LogP contribution in [0.3, 0.4) is 0 Å². The van der Waals surface area contributed by atoms with Crippen molar-refractivity contribution in [3.63, 3.8) is 0 Å². The van der Waals surface area contributed by atoms with Gasteiger partial charge in [0.25, 0.3) is 11.8 Å². The zero-order chi connectivity index (χ0) is 46.7. The molecule has 4 aromatic carbocycles. The molecule has 2 saturated heterocycles. The van der Waals surface area contributed by atoms with E-state index in [9.17, 15) is 26.4 Å². The van der Waals surface area contributed by atoms with E-state index in [-0.39, 0.29) is 16.7 Å². The highest BCUT2D eigenvalue weighted by molar-refractivity contribution is 7.89. The van der Waals surface area contributed by atoms with Crippen LogP contribution in [0.15, 0.2) is 107 Å². The number of amides is 2. The van der Waals surface area contributed by atoms with Gasteiger partial charge < -0.3 is 21.3 Å². The Morgan fingerprint density at radius 1 is 0.538 bits per heavy atom. The molecule has 4 aromatic rings. The van der Waals surface area contributed by atoms with Crippen molar-refractivity contribution in [3.8, 4) is 0 Å². The fourth-order valence-corrected chi connectivity index (χ4v) is 11.0. The lowest BCUT2D eigenvalue weighted by atomic mass is 10.1. The molecule has 2 aliphatic rings. The Bertz CT molecular complexity index is 2290. The van der Waals surface area contributed by atoms with Gasteiger partial charge in [0.05, 0.1) is 9.79 Å². The molecule has 2 fully saturated rings. The van der Waals surface area contributed by atoms with Gasteiger partial charge in [-0.25, -0.2) is 16.8 Å². The van der Waals surface area contributed by atoms with Crippen molar-refractivity contribution in [2.24, 2.45) is 0 Å². The van der Waals surface area contributed by atoms with Crippen LogP contribution in [0.5, 0.6) is 0 Å². The van der Waals surface area contributed by atoms with Crippen molar-refractivity contribution in [2.75, 3.05) is 44.6 Å². The molecule has 12 nitrogen and oxygen atoms in total. The van der Waals surface area contributed by atoms with E-state index in [1.165, 1.54) is 51.4 Å². The number of rotatable bonds is 21. The average Bonchev–Trinajstić information content (AvgIpc) is 3.32. The molecule has 2 heterocycles. The van der Waals surface area contributed by atoms with E-state index in [0.29, 0.717) is 76.6 Å². The number of sulfonamides is 2. The van der Waals surface area contributed by atoms with Gasteiger partial charge in [0, 0.05) is 71.7 Å². The molecule has 0 aliphatic carbocycles. The Kier molecular flexibility index (Phi) is 21.2. The van der Waals surface area contributed by atoms with Gasteiger partial charge in [-0.2, -0.15) is 8.61 Å². The zero-order valence-corrected chi connectivity index (χ0v) is 40.9. The predicted molar refractivity (Wildman–Crippen MR) is 263 cm³/mol. The summed E-state index contributed by atoms with van der Waals surface area (Å²) in [5.41, 5.74) is 2.38. The fourth-order valence-electron chi connectivity index (χ4n) is 7.79. The Morgan fingerprint density at radius 3 is 1.35 bits per heavy atom. The van der Waals surface area contributed by atoms with Crippen LogP contribution in [0, 0.1) is 0 Å². The summed E-state index contributed by atoms with van der Waals surface area (Å²) in [4.78, 5) is 25.1. The molecule has 4 N–H and O–H groups in total.